The van der Waals surface area contributed by atoms with Crippen LogP contribution in [0.3, 0.4) is 0 Å². The second-order valence-corrected chi connectivity index (χ2v) is 11.3. The Hall–Kier alpha value is -3.49. The van der Waals surface area contributed by atoms with E-state index in [0.717, 1.165) is 25.8 Å². The number of carbonyl (C=O) groups is 2. The van der Waals surface area contributed by atoms with Gasteiger partial charge < -0.3 is 15.0 Å². The van der Waals surface area contributed by atoms with Gasteiger partial charge in [0.25, 0.3) is 5.91 Å². The molecule has 5 rings (SSSR count). The Morgan fingerprint density at radius 1 is 0.900 bits per heavy atom. The van der Waals surface area contributed by atoms with E-state index in [1.807, 2.05) is 102 Å². The molecule has 1 unspecified atom stereocenters. The molecule has 0 spiro atoms. The molecule has 0 aliphatic carbocycles. The fraction of sp³-hybridized carbons (Fsp3) is 0.235. The van der Waals surface area contributed by atoms with Crippen LogP contribution in [-0.4, -0.2) is 37.0 Å². The van der Waals surface area contributed by atoms with Crippen molar-refractivity contribution in [1.29, 1.82) is 0 Å². The fourth-order valence-corrected chi connectivity index (χ4v) is 6.40. The van der Waals surface area contributed by atoms with Crippen molar-refractivity contribution in [2.45, 2.75) is 30.8 Å². The monoisotopic (exact) mass is 644 g/mol. The number of nitrogens with zero attached hydrogens (tertiary/aromatic N) is 1. The molecule has 0 saturated heterocycles. The molecule has 6 heteroatoms. The number of nitrogens with one attached hydrogen (secondary N) is 1. The first-order chi connectivity index (χ1) is 19.6. The van der Waals surface area contributed by atoms with Gasteiger partial charge >= 0.3 is 0 Å². The molecule has 0 bridgehead atoms. The van der Waals surface area contributed by atoms with Gasteiger partial charge in [0.2, 0.25) is 5.91 Å². The van der Waals surface area contributed by atoms with Crippen LogP contribution in [0.2, 0.25) is 0 Å². The van der Waals surface area contributed by atoms with Crippen molar-refractivity contribution in [2.75, 3.05) is 20.3 Å². The van der Waals surface area contributed by atoms with Gasteiger partial charge in [0.15, 0.2) is 0 Å². The number of amides is 2. The van der Waals surface area contributed by atoms with E-state index in [1.54, 1.807) is 7.11 Å². The molecule has 204 valence electrons. The maximum absolute atomic E-state index is 14.8. The van der Waals surface area contributed by atoms with Crippen molar-refractivity contribution in [3.05, 3.63) is 141 Å². The van der Waals surface area contributed by atoms with Gasteiger partial charge in [-0.1, -0.05) is 97.1 Å². The average Bonchev–Trinajstić information content (AvgIpc) is 2.99. The zero-order valence-corrected chi connectivity index (χ0v) is 24.7. The Kier molecular flexibility index (Phi) is 8.97. The van der Waals surface area contributed by atoms with Gasteiger partial charge in [0, 0.05) is 35.9 Å². The summed E-state index contributed by atoms with van der Waals surface area (Å²) in [6, 6.07) is 35.3. The van der Waals surface area contributed by atoms with Crippen LogP contribution in [0.25, 0.3) is 0 Å². The van der Waals surface area contributed by atoms with Crippen molar-refractivity contribution in [3.8, 4) is 0 Å². The quantitative estimate of drug-likeness (QED) is 0.163. The van der Waals surface area contributed by atoms with E-state index in [4.69, 9.17) is 4.74 Å². The van der Waals surface area contributed by atoms with Crippen LogP contribution in [0.1, 0.15) is 45.1 Å². The summed E-state index contributed by atoms with van der Waals surface area (Å²) >= 11 is 2.35. The second-order valence-electron chi connectivity index (χ2n) is 10.1. The van der Waals surface area contributed by atoms with Crippen LogP contribution in [0.4, 0.5) is 0 Å². The maximum Gasteiger partial charge on any atom is 0.255 e. The standard InChI is InChI=1S/C34H33IN2O3/c1-40-22-12-21-36-33(39)34(23-27-17-8-11-20-30(27)35)29-19-10-9-18-28(29)32(38)37(24-25-13-4-2-5-14-25)31(34)26-15-6-3-7-16-26/h2-11,13-20,31H,12,21-24H2,1H3,(H,36,39)/t31?,34-/m0/s1. The summed E-state index contributed by atoms with van der Waals surface area (Å²) < 4.78 is 6.33. The van der Waals surface area contributed by atoms with Crippen LogP contribution in [0.5, 0.6) is 0 Å². The molecule has 4 aromatic rings. The van der Waals surface area contributed by atoms with E-state index >= 15 is 0 Å². The van der Waals surface area contributed by atoms with Crippen molar-refractivity contribution in [3.63, 3.8) is 0 Å². The number of methoxy groups -OCH3 is 1. The minimum absolute atomic E-state index is 0.0705. The zero-order valence-electron chi connectivity index (χ0n) is 22.6. The predicted octanol–water partition coefficient (Wildman–Crippen LogP) is 6.32. The minimum Gasteiger partial charge on any atom is -0.385 e. The van der Waals surface area contributed by atoms with Gasteiger partial charge in [-0.2, -0.15) is 0 Å². The Morgan fingerprint density at radius 2 is 1.55 bits per heavy atom. The SMILES string of the molecule is COCCCNC(=O)[C@@]1(Cc2ccccc2I)c2ccccc2C(=O)N(Cc2ccccc2)C1c1ccccc1. The lowest BCUT2D eigenvalue weighted by Gasteiger charge is -2.50. The summed E-state index contributed by atoms with van der Waals surface area (Å²) in [6.07, 6.45) is 1.14. The molecule has 0 radical (unpaired) electrons. The van der Waals surface area contributed by atoms with E-state index in [-0.39, 0.29) is 11.8 Å². The first kappa shape index (κ1) is 28.1. The van der Waals surface area contributed by atoms with Crippen LogP contribution in [0.15, 0.2) is 109 Å². The molecule has 1 aliphatic heterocycles. The molecule has 0 saturated carbocycles. The highest BCUT2D eigenvalue weighted by atomic mass is 127. The number of fused-ring (bicyclic) bond motifs is 1. The molecular formula is C34H33IN2O3. The second kappa shape index (κ2) is 12.8. The lowest BCUT2D eigenvalue weighted by atomic mass is 9.63. The highest BCUT2D eigenvalue weighted by Crippen LogP contribution is 2.50. The molecular weight excluding hydrogens is 611 g/mol. The fourth-order valence-electron chi connectivity index (χ4n) is 5.82. The third-order valence-corrected chi connectivity index (χ3v) is 8.68. The first-order valence-electron chi connectivity index (χ1n) is 13.6. The normalized spacial score (nSPS) is 18.3. The summed E-state index contributed by atoms with van der Waals surface area (Å²) in [5.74, 6) is -0.158. The van der Waals surface area contributed by atoms with Crippen LogP contribution in [0, 0.1) is 3.57 Å². The van der Waals surface area contributed by atoms with E-state index < -0.39 is 11.5 Å². The summed E-state index contributed by atoms with van der Waals surface area (Å²) in [6.45, 7) is 1.43. The zero-order chi connectivity index (χ0) is 28.0. The van der Waals surface area contributed by atoms with E-state index in [9.17, 15) is 9.59 Å². The smallest absolute Gasteiger partial charge is 0.255 e. The third kappa shape index (κ3) is 5.56. The molecule has 0 fully saturated rings. The Balaban J connectivity index is 1.76. The molecule has 1 N–H and O–H groups in total. The third-order valence-electron chi connectivity index (χ3n) is 7.63. The van der Waals surface area contributed by atoms with Crippen molar-refractivity contribution in [1.82, 2.24) is 10.2 Å². The number of ether oxygens (including phenoxy) is 1. The Bertz CT molecular complexity index is 1460. The highest BCUT2D eigenvalue weighted by molar-refractivity contribution is 14.1. The maximum atomic E-state index is 14.8. The number of benzene rings is 4. The molecule has 2 atom stereocenters. The van der Waals surface area contributed by atoms with Crippen LogP contribution in [-0.2, 0) is 27.9 Å². The number of halogens is 1. The lowest BCUT2D eigenvalue weighted by molar-refractivity contribution is -0.130. The molecule has 40 heavy (non-hydrogen) atoms. The van der Waals surface area contributed by atoms with E-state index in [0.29, 0.717) is 38.1 Å². The van der Waals surface area contributed by atoms with Gasteiger partial charge in [0.1, 0.15) is 5.41 Å². The molecule has 4 aromatic carbocycles. The summed E-state index contributed by atoms with van der Waals surface area (Å²) in [5.41, 5.74) is 3.28. The van der Waals surface area contributed by atoms with E-state index in [1.165, 1.54) is 0 Å². The van der Waals surface area contributed by atoms with Gasteiger partial charge in [-0.05, 0) is 69.8 Å². The minimum atomic E-state index is -1.07. The van der Waals surface area contributed by atoms with Crippen molar-refractivity contribution in [2.24, 2.45) is 0 Å². The summed E-state index contributed by atoms with van der Waals surface area (Å²) in [5, 5.41) is 3.25. The first-order valence-corrected chi connectivity index (χ1v) is 14.6. The van der Waals surface area contributed by atoms with Gasteiger partial charge in [-0.15, -0.1) is 0 Å². The van der Waals surface area contributed by atoms with Crippen LogP contribution < -0.4 is 5.32 Å². The lowest BCUT2D eigenvalue weighted by Crippen LogP contribution is -2.59. The molecule has 2 amide bonds. The molecule has 1 heterocycles. The molecule has 5 nitrogen and oxygen atoms in total. The number of hydrogen-bond donors (Lipinski definition) is 1. The molecule has 1 aliphatic rings. The average molecular weight is 645 g/mol. The summed E-state index contributed by atoms with van der Waals surface area (Å²) in [7, 11) is 1.66. The molecule has 0 aromatic heterocycles. The number of hydrogen-bond acceptors (Lipinski definition) is 3. The highest BCUT2D eigenvalue weighted by Gasteiger charge is 2.56. The van der Waals surface area contributed by atoms with Gasteiger partial charge in [-0.25, -0.2) is 0 Å². The van der Waals surface area contributed by atoms with Crippen molar-refractivity contribution >= 4 is 34.4 Å². The largest absolute Gasteiger partial charge is 0.385 e. The van der Waals surface area contributed by atoms with Crippen molar-refractivity contribution < 1.29 is 14.3 Å². The topological polar surface area (TPSA) is 58.6 Å². The summed E-state index contributed by atoms with van der Waals surface area (Å²) in [4.78, 5) is 31.0. The predicted molar refractivity (Wildman–Crippen MR) is 166 cm³/mol. The Morgan fingerprint density at radius 3 is 2.27 bits per heavy atom. The van der Waals surface area contributed by atoms with Gasteiger partial charge in [-0.3, -0.25) is 9.59 Å². The van der Waals surface area contributed by atoms with E-state index in [2.05, 4.69) is 40.0 Å². The van der Waals surface area contributed by atoms with Crippen LogP contribution >= 0.6 is 22.6 Å². The Labute approximate surface area is 249 Å². The number of rotatable bonds is 10. The van der Waals surface area contributed by atoms with Gasteiger partial charge in [0.05, 0.1) is 6.04 Å². The number of carbonyl (C=O) groups excluding carboxylic acids is 2.